The molecule has 0 fully saturated rings. The molecule has 0 aromatic heterocycles. The van der Waals surface area contributed by atoms with Crippen LogP contribution >= 0.6 is 0 Å². The van der Waals surface area contributed by atoms with Crippen molar-refractivity contribution in [1.29, 1.82) is 0 Å². The third-order valence-electron chi connectivity index (χ3n) is 4.21. The quantitative estimate of drug-likeness (QED) is 0.679. The third kappa shape index (κ3) is 5.22. The Morgan fingerprint density at radius 1 is 1.11 bits per heavy atom. The lowest BCUT2D eigenvalue weighted by Gasteiger charge is -2.30. The summed E-state index contributed by atoms with van der Waals surface area (Å²) in [5.74, 6) is 1.04. The summed E-state index contributed by atoms with van der Waals surface area (Å²) >= 11 is 0. The summed E-state index contributed by atoms with van der Waals surface area (Å²) in [6.45, 7) is 1.26. The van der Waals surface area contributed by atoms with Gasteiger partial charge in [0.2, 0.25) is 0 Å². The fraction of sp³-hybridized carbons (Fsp3) is 0.158. The molecule has 140 valence electrons. The first-order valence-corrected chi connectivity index (χ1v) is 9.40. The number of rotatable bonds is 2. The van der Waals surface area contributed by atoms with Crippen LogP contribution in [0.25, 0.3) is 10.8 Å². The molecule has 2 aliphatic rings. The summed E-state index contributed by atoms with van der Waals surface area (Å²) in [4.78, 5) is 19.4. The molecule has 0 aliphatic carbocycles. The van der Waals surface area contributed by atoms with E-state index >= 15 is 0 Å². The Hall–Kier alpha value is -2.55. The molecule has 2 aromatic rings. The zero-order valence-electron chi connectivity index (χ0n) is 14.2. The van der Waals surface area contributed by atoms with Gasteiger partial charge in [-0.2, -0.15) is 14.0 Å². The van der Waals surface area contributed by atoms with Gasteiger partial charge in [0.1, 0.15) is 5.84 Å². The van der Waals surface area contributed by atoms with Crippen LogP contribution in [0, 0.1) is 16.2 Å². The molecular formula is C19H17ClN2O5. The highest BCUT2D eigenvalue weighted by Crippen LogP contribution is 2.21. The van der Waals surface area contributed by atoms with Gasteiger partial charge in [-0.05, 0) is 29.0 Å². The van der Waals surface area contributed by atoms with Crippen LogP contribution in [0.5, 0.6) is 0 Å². The van der Waals surface area contributed by atoms with Gasteiger partial charge in [0.05, 0.1) is 27.4 Å². The van der Waals surface area contributed by atoms with Crippen molar-refractivity contribution in [3.63, 3.8) is 0 Å². The fourth-order valence-electron chi connectivity index (χ4n) is 3.01. The summed E-state index contributed by atoms with van der Waals surface area (Å²) in [5, 5.41) is 2.27. The van der Waals surface area contributed by atoms with Gasteiger partial charge in [0, 0.05) is 18.3 Å². The van der Waals surface area contributed by atoms with Gasteiger partial charge in [-0.3, -0.25) is 9.79 Å². The van der Waals surface area contributed by atoms with E-state index in [0.29, 0.717) is 13.1 Å². The Bertz CT molecular complexity index is 927. The van der Waals surface area contributed by atoms with E-state index in [1.54, 1.807) is 0 Å². The molecule has 0 bridgehead atoms. The SMILES string of the molecule is O=C(c1ccc2ccccc2c1)C1CN=C2C=CC=CN2C1.[O-][Cl+3]([O-])([O-])O. The van der Waals surface area contributed by atoms with E-state index in [1.807, 2.05) is 65.7 Å². The molecule has 0 amide bonds. The van der Waals surface area contributed by atoms with Crippen LogP contribution in [0.4, 0.5) is 0 Å². The highest BCUT2D eigenvalue weighted by Gasteiger charge is 2.27. The Morgan fingerprint density at radius 3 is 2.56 bits per heavy atom. The van der Waals surface area contributed by atoms with Crippen molar-refractivity contribution in [2.24, 2.45) is 10.9 Å². The van der Waals surface area contributed by atoms with Gasteiger partial charge in [0.15, 0.2) is 5.78 Å². The number of hydrogen-bond donors (Lipinski definition) is 1. The smallest absolute Gasteiger partial charge is 0.169 e. The van der Waals surface area contributed by atoms with E-state index in [9.17, 15) is 4.79 Å². The van der Waals surface area contributed by atoms with Gasteiger partial charge in [-0.25, -0.2) is 0 Å². The minimum atomic E-state index is -4.69. The van der Waals surface area contributed by atoms with Crippen LogP contribution in [-0.4, -0.2) is 34.3 Å². The summed E-state index contributed by atoms with van der Waals surface area (Å²) in [7, 11) is -4.69. The molecule has 2 aromatic carbocycles. The Morgan fingerprint density at radius 2 is 1.81 bits per heavy atom. The number of aliphatic imine (C=N–C) groups is 1. The summed E-state index contributed by atoms with van der Waals surface area (Å²) < 4.78 is 32.7. The lowest BCUT2D eigenvalue weighted by Crippen LogP contribution is -2.58. The van der Waals surface area contributed by atoms with Crippen molar-refractivity contribution in [2.45, 2.75) is 0 Å². The van der Waals surface area contributed by atoms with Crippen LogP contribution in [0.3, 0.4) is 0 Å². The number of carbonyl (C=O) groups is 1. The number of allylic oxidation sites excluding steroid dienone is 2. The van der Waals surface area contributed by atoms with E-state index in [0.717, 1.165) is 22.2 Å². The molecular weight excluding hydrogens is 372 g/mol. The number of ketones is 1. The monoisotopic (exact) mass is 388 g/mol. The zero-order valence-corrected chi connectivity index (χ0v) is 15.0. The second kappa shape index (κ2) is 7.99. The number of hydrogen-bond acceptors (Lipinski definition) is 7. The number of carbonyl (C=O) groups excluding carboxylic acids is 1. The van der Waals surface area contributed by atoms with E-state index in [2.05, 4.69) is 11.1 Å². The van der Waals surface area contributed by atoms with Crippen molar-refractivity contribution in [3.8, 4) is 0 Å². The summed E-state index contributed by atoms with van der Waals surface area (Å²) in [5.41, 5.74) is 0.777. The topological polar surface area (TPSA) is 122 Å². The molecule has 0 radical (unpaired) electrons. The van der Waals surface area contributed by atoms with Gasteiger partial charge in [-0.15, -0.1) is 0 Å². The minimum absolute atomic E-state index is 0.0823. The number of amidine groups is 1. The van der Waals surface area contributed by atoms with Crippen molar-refractivity contribution in [3.05, 3.63) is 72.5 Å². The molecule has 2 heterocycles. The van der Waals surface area contributed by atoms with Crippen molar-refractivity contribution >= 4 is 22.4 Å². The Balaban J connectivity index is 0.000000376. The molecule has 4 rings (SSSR count). The van der Waals surface area contributed by atoms with Crippen molar-refractivity contribution < 1.29 is 33.7 Å². The molecule has 0 saturated carbocycles. The maximum Gasteiger partial charge on any atom is 0.169 e. The van der Waals surface area contributed by atoms with Gasteiger partial charge in [-0.1, -0.05) is 42.5 Å². The first-order valence-electron chi connectivity index (χ1n) is 8.13. The van der Waals surface area contributed by atoms with E-state index in [1.165, 1.54) is 0 Å². The normalized spacial score (nSPS) is 18.4. The Kier molecular flexibility index (Phi) is 5.69. The van der Waals surface area contributed by atoms with Crippen LogP contribution in [0.15, 0.2) is 71.9 Å². The molecule has 0 saturated heterocycles. The summed E-state index contributed by atoms with van der Waals surface area (Å²) in [6, 6.07) is 14.0. The molecule has 8 heteroatoms. The van der Waals surface area contributed by atoms with Crippen LogP contribution in [-0.2, 0) is 0 Å². The minimum Gasteiger partial charge on any atom is -0.333 e. The average Bonchev–Trinajstić information content (AvgIpc) is 2.65. The van der Waals surface area contributed by atoms with Gasteiger partial charge < -0.3 is 4.90 Å². The number of Topliss-reactive ketones (excluding diaryl/α,β-unsaturated/α-hetero) is 1. The lowest BCUT2D eigenvalue weighted by molar-refractivity contribution is -1.92. The Labute approximate surface area is 157 Å². The van der Waals surface area contributed by atoms with E-state index in [-0.39, 0.29) is 11.7 Å². The maximum absolute atomic E-state index is 12.8. The highest BCUT2D eigenvalue weighted by molar-refractivity contribution is 6.03. The largest absolute Gasteiger partial charge is 0.333 e. The second-order valence-electron chi connectivity index (χ2n) is 6.07. The maximum atomic E-state index is 12.8. The second-order valence-corrected chi connectivity index (χ2v) is 6.86. The zero-order chi connectivity index (χ0) is 19.4. The molecule has 1 unspecified atom stereocenters. The van der Waals surface area contributed by atoms with Crippen LogP contribution in [0.2, 0.25) is 0 Å². The molecule has 0 spiro atoms. The lowest BCUT2D eigenvalue weighted by atomic mass is 9.94. The van der Waals surface area contributed by atoms with Crippen molar-refractivity contribution in [1.82, 2.24) is 4.90 Å². The molecule has 2 aliphatic heterocycles. The number of nitrogens with zero attached hydrogens (tertiary/aromatic N) is 2. The fourth-order valence-corrected chi connectivity index (χ4v) is 3.01. The number of benzene rings is 2. The highest BCUT2D eigenvalue weighted by atomic mass is 35.7. The average molecular weight is 389 g/mol. The number of fused-ring (bicyclic) bond motifs is 2. The third-order valence-corrected chi connectivity index (χ3v) is 4.21. The van der Waals surface area contributed by atoms with Gasteiger partial charge >= 0.3 is 0 Å². The molecule has 27 heavy (non-hydrogen) atoms. The molecule has 1 atom stereocenters. The van der Waals surface area contributed by atoms with E-state index < -0.39 is 10.2 Å². The van der Waals surface area contributed by atoms with E-state index in [4.69, 9.17) is 18.6 Å². The first-order chi connectivity index (χ1) is 12.8. The van der Waals surface area contributed by atoms with Crippen molar-refractivity contribution in [2.75, 3.05) is 13.1 Å². The van der Waals surface area contributed by atoms with Gasteiger partial charge in [0.25, 0.3) is 0 Å². The first kappa shape index (κ1) is 19.2. The predicted molar refractivity (Wildman–Crippen MR) is 91.3 cm³/mol. The van der Waals surface area contributed by atoms with Crippen LogP contribution < -0.4 is 14.0 Å². The van der Waals surface area contributed by atoms with Crippen LogP contribution in [0.1, 0.15) is 10.4 Å². The molecule has 1 N–H and O–H groups in total. The predicted octanol–water partition coefficient (Wildman–Crippen LogP) is -0.688. The standard InChI is InChI=1S/C19H16N2O.ClHO4/c22-19(16-9-8-14-5-1-2-6-15(14)11-16)17-12-20-18-7-3-4-10-21(18)13-17;2-1(3,4)5/h1-11,17H,12-13H2;(H,2,3,4,5). The molecule has 7 nitrogen and oxygen atoms in total. The number of halogens is 1. The summed E-state index contributed by atoms with van der Waals surface area (Å²) in [6.07, 6.45) is 7.91.